The van der Waals surface area contributed by atoms with Crippen LogP contribution in [0.15, 0.2) is 18.2 Å². The van der Waals surface area contributed by atoms with E-state index in [2.05, 4.69) is 0 Å². The average molecular weight is 356 g/mol. The second-order valence-corrected chi connectivity index (χ2v) is 4.03. The van der Waals surface area contributed by atoms with Crippen molar-refractivity contribution in [2.75, 3.05) is 0 Å². The van der Waals surface area contributed by atoms with Crippen LogP contribution in [0.5, 0.6) is 0 Å². The van der Waals surface area contributed by atoms with Crippen molar-refractivity contribution >= 4 is 45.2 Å². The van der Waals surface area contributed by atoms with Gasteiger partial charge in [-0.15, -0.1) is 0 Å². The first-order valence-corrected chi connectivity index (χ1v) is 5.44. The summed E-state index contributed by atoms with van der Waals surface area (Å²) in [6, 6.07) is 4.95. The minimum absolute atomic E-state index is 0. The molecule has 0 aliphatic carbocycles. The fourth-order valence-corrected chi connectivity index (χ4v) is 0.997. The van der Waals surface area contributed by atoms with Crippen molar-refractivity contribution in [1.29, 1.82) is 0 Å². The summed E-state index contributed by atoms with van der Waals surface area (Å²) in [5.74, 6) is 0. The van der Waals surface area contributed by atoms with E-state index < -0.39 is 10.4 Å². The molecule has 1 aromatic rings. The molecule has 1 rings (SSSR count). The molecule has 0 aliphatic rings. The first-order valence-electron chi connectivity index (χ1n) is 2.97. The quantitative estimate of drug-likeness (QED) is 0.208. The van der Waals surface area contributed by atoms with E-state index in [0.29, 0.717) is 15.1 Å². The van der Waals surface area contributed by atoms with Crippen molar-refractivity contribution in [3.05, 3.63) is 33.3 Å². The Morgan fingerprint density at radius 2 is 1.31 bits per heavy atom. The Morgan fingerprint density at radius 3 is 1.56 bits per heavy atom. The molecule has 4 nitrogen and oxygen atoms in total. The average Bonchev–Trinajstić information content (AvgIpc) is 1.94. The number of rotatable bonds is 0. The summed E-state index contributed by atoms with van der Waals surface area (Å²) in [6.45, 7) is 0. The van der Waals surface area contributed by atoms with Crippen LogP contribution >= 0.6 is 34.8 Å². The minimum atomic E-state index is -5.17. The van der Waals surface area contributed by atoms with Crippen molar-refractivity contribution in [2.45, 2.75) is 0 Å². The molecule has 0 atom stereocenters. The van der Waals surface area contributed by atoms with E-state index in [-0.39, 0.29) is 103 Å². The zero-order valence-corrected chi connectivity index (χ0v) is 17.7. The largest absolute Gasteiger partial charge is 1.00 e. The Bertz CT molecular complexity index is 404. The third-order valence-electron chi connectivity index (χ3n) is 0.882. The van der Waals surface area contributed by atoms with Gasteiger partial charge in [0.1, 0.15) is 0 Å². The molecular formula is C6H3Cl3K2O4S. The van der Waals surface area contributed by atoms with Gasteiger partial charge in [0.2, 0.25) is 0 Å². The van der Waals surface area contributed by atoms with E-state index in [1.54, 1.807) is 18.2 Å². The molecule has 10 heteroatoms. The van der Waals surface area contributed by atoms with Crippen molar-refractivity contribution in [3.8, 4) is 0 Å². The third kappa shape index (κ3) is 17.2. The van der Waals surface area contributed by atoms with Gasteiger partial charge in [0.05, 0.1) is 10.0 Å². The van der Waals surface area contributed by atoms with Crippen LogP contribution in [0.25, 0.3) is 0 Å². The van der Waals surface area contributed by atoms with E-state index in [9.17, 15) is 0 Å². The summed E-state index contributed by atoms with van der Waals surface area (Å²) < 4.78 is 34.1. The first kappa shape index (κ1) is 24.3. The van der Waals surface area contributed by atoms with Crippen LogP contribution in [0.2, 0.25) is 15.1 Å². The Labute approximate surface area is 194 Å². The van der Waals surface area contributed by atoms with Gasteiger partial charge in [0, 0.05) is 15.4 Å². The predicted molar refractivity (Wildman–Crippen MR) is 51.9 cm³/mol. The molecular weight excluding hydrogens is 353 g/mol. The summed E-state index contributed by atoms with van der Waals surface area (Å²) in [5.41, 5.74) is 0. The molecule has 0 aliphatic heterocycles. The van der Waals surface area contributed by atoms with Crippen LogP contribution < -0.4 is 103 Å². The molecule has 0 amide bonds. The maximum absolute atomic E-state index is 8.52. The summed E-state index contributed by atoms with van der Waals surface area (Å²) in [7, 11) is -5.17. The first-order chi connectivity index (χ1) is 6.20. The molecule has 80 valence electrons. The maximum Gasteiger partial charge on any atom is 1.00 e. The topological polar surface area (TPSA) is 80.3 Å². The number of benzene rings is 1. The zero-order chi connectivity index (χ0) is 11.4. The molecule has 0 spiro atoms. The van der Waals surface area contributed by atoms with Crippen LogP contribution in [0, 0.1) is 0 Å². The zero-order valence-electron chi connectivity index (χ0n) is 8.41. The molecule has 0 saturated carbocycles. The van der Waals surface area contributed by atoms with Gasteiger partial charge in [-0.25, -0.2) is 0 Å². The van der Waals surface area contributed by atoms with E-state index in [4.69, 9.17) is 52.3 Å². The Kier molecular flexibility index (Phi) is 18.2. The normalized spacial score (nSPS) is 9.06. The van der Waals surface area contributed by atoms with Gasteiger partial charge in [-0.1, -0.05) is 34.8 Å². The predicted octanol–water partition coefficient (Wildman–Crippen LogP) is -3.68. The van der Waals surface area contributed by atoms with E-state index >= 15 is 0 Å². The van der Waals surface area contributed by atoms with Gasteiger partial charge in [0.25, 0.3) is 0 Å². The molecule has 0 heterocycles. The van der Waals surface area contributed by atoms with Crippen LogP contribution in [0.1, 0.15) is 0 Å². The number of hydrogen-bond acceptors (Lipinski definition) is 4. The molecule has 1 aromatic carbocycles. The molecule has 0 bridgehead atoms. The molecule has 16 heavy (non-hydrogen) atoms. The van der Waals surface area contributed by atoms with Crippen molar-refractivity contribution in [3.63, 3.8) is 0 Å². The van der Waals surface area contributed by atoms with E-state index in [1.807, 2.05) is 0 Å². The van der Waals surface area contributed by atoms with Gasteiger partial charge in [0.15, 0.2) is 0 Å². The fourth-order valence-electron chi connectivity index (χ4n) is 0.470. The van der Waals surface area contributed by atoms with Gasteiger partial charge in [-0.3, -0.25) is 8.42 Å². The summed E-state index contributed by atoms with van der Waals surface area (Å²) in [6.07, 6.45) is 0. The SMILES string of the molecule is Clc1ccc(Cl)c(Cl)c1.O=S(=O)([O-])[O-].[K+].[K+]. The maximum atomic E-state index is 8.52. The van der Waals surface area contributed by atoms with Crippen molar-refractivity contribution < 1.29 is 120 Å². The van der Waals surface area contributed by atoms with Gasteiger partial charge in [-0.2, -0.15) is 0 Å². The molecule has 0 radical (unpaired) electrons. The Morgan fingerprint density at radius 1 is 0.938 bits per heavy atom. The number of halogens is 3. The van der Waals surface area contributed by atoms with Gasteiger partial charge in [-0.05, 0) is 18.2 Å². The standard InChI is InChI=1S/C6H3Cl3.2K.H2O4S/c7-4-1-2-5(8)6(9)3-4;;;1-5(2,3)4/h1-3H;;;(H2,1,2,3,4)/q;2*+1;/p-2. The third-order valence-corrected chi connectivity index (χ3v) is 1.86. The van der Waals surface area contributed by atoms with Crippen LogP contribution in [-0.2, 0) is 10.4 Å². The van der Waals surface area contributed by atoms with E-state index in [0.717, 1.165) is 0 Å². The Hall–Kier alpha value is 3.23. The second-order valence-electron chi connectivity index (χ2n) is 1.97. The summed E-state index contributed by atoms with van der Waals surface area (Å²) in [4.78, 5) is 0. The molecule has 0 saturated heterocycles. The molecule has 0 fully saturated rings. The molecule has 0 unspecified atom stereocenters. The number of hydrogen-bond donors (Lipinski definition) is 0. The van der Waals surface area contributed by atoms with Crippen LogP contribution in [-0.4, -0.2) is 17.5 Å². The second kappa shape index (κ2) is 12.0. The van der Waals surface area contributed by atoms with Crippen LogP contribution in [0.4, 0.5) is 0 Å². The summed E-state index contributed by atoms with van der Waals surface area (Å²) >= 11 is 16.8. The molecule has 0 aromatic heterocycles. The monoisotopic (exact) mass is 354 g/mol. The Balaban J connectivity index is -0.000000214. The fraction of sp³-hybridized carbons (Fsp3) is 0. The van der Waals surface area contributed by atoms with Crippen LogP contribution in [0.3, 0.4) is 0 Å². The van der Waals surface area contributed by atoms with E-state index in [1.165, 1.54) is 0 Å². The summed E-state index contributed by atoms with van der Waals surface area (Å²) in [5, 5.41) is 1.62. The van der Waals surface area contributed by atoms with Crippen molar-refractivity contribution in [2.24, 2.45) is 0 Å². The smallest absolute Gasteiger partial charge is 0.759 e. The van der Waals surface area contributed by atoms with Gasteiger partial charge < -0.3 is 9.11 Å². The minimum Gasteiger partial charge on any atom is -0.759 e. The van der Waals surface area contributed by atoms with Gasteiger partial charge >= 0.3 is 103 Å². The molecule has 0 N–H and O–H groups in total. The van der Waals surface area contributed by atoms with Crippen molar-refractivity contribution in [1.82, 2.24) is 0 Å².